The molecule has 0 aliphatic heterocycles. The summed E-state index contributed by atoms with van der Waals surface area (Å²) in [7, 11) is 0. The van der Waals surface area contributed by atoms with E-state index in [0.717, 1.165) is 6.42 Å². The number of aromatic nitrogens is 2. The monoisotopic (exact) mass is 196 g/mol. The lowest BCUT2D eigenvalue weighted by atomic mass is 9.90. The van der Waals surface area contributed by atoms with Gasteiger partial charge in [0.15, 0.2) is 11.5 Å². The van der Waals surface area contributed by atoms with Crippen LogP contribution in [-0.4, -0.2) is 9.78 Å². The van der Waals surface area contributed by atoms with E-state index in [1.54, 1.807) is 4.68 Å². The van der Waals surface area contributed by atoms with Gasteiger partial charge in [0.05, 0.1) is 6.20 Å². The molecule has 0 radical (unpaired) electrons. The van der Waals surface area contributed by atoms with Crippen molar-refractivity contribution >= 4 is 11.5 Å². The van der Waals surface area contributed by atoms with E-state index >= 15 is 0 Å². The minimum absolute atomic E-state index is 0.125. The van der Waals surface area contributed by atoms with E-state index in [9.17, 15) is 4.91 Å². The van der Waals surface area contributed by atoms with Gasteiger partial charge in [-0.2, -0.15) is 5.10 Å². The Labute approximate surface area is 83.3 Å². The second kappa shape index (κ2) is 3.77. The largest absolute Gasteiger partial charge is 0.382 e. The van der Waals surface area contributed by atoms with Gasteiger partial charge < -0.3 is 5.73 Å². The van der Waals surface area contributed by atoms with Crippen LogP contribution in [0.1, 0.15) is 27.2 Å². The molecule has 14 heavy (non-hydrogen) atoms. The van der Waals surface area contributed by atoms with Gasteiger partial charge in [-0.1, -0.05) is 20.8 Å². The van der Waals surface area contributed by atoms with Crippen molar-refractivity contribution < 1.29 is 0 Å². The third-order valence-electron chi connectivity index (χ3n) is 2.49. The van der Waals surface area contributed by atoms with Crippen LogP contribution in [0.15, 0.2) is 11.4 Å². The fourth-order valence-electron chi connectivity index (χ4n) is 1.10. The number of anilines is 1. The molecule has 0 bridgehead atoms. The molecule has 0 aromatic carbocycles. The second-order valence-electron chi connectivity index (χ2n) is 4.18. The van der Waals surface area contributed by atoms with Gasteiger partial charge in [-0.25, -0.2) is 4.68 Å². The normalized spacial score (nSPS) is 11.6. The molecule has 1 aromatic rings. The van der Waals surface area contributed by atoms with Crippen molar-refractivity contribution in [3.8, 4) is 0 Å². The van der Waals surface area contributed by atoms with Crippen LogP contribution in [0.25, 0.3) is 0 Å². The van der Waals surface area contributed by atoms with Gasteiger partial charge in [0.1, 0.15) is 0 Å². The van der Waals surface area contributed by atoms with Gasteiger partial charge in [-0.3, -0.25) is 0 Å². The maximum atomic E-state index is 10.3. The molecule has 1 aromatic heterocycles. The summed E-state index contributed by atoms with van der Waals surface area (Å²) in [5, 5.41) is 6.81. The highest BCUT2D eigenvalue weighted by Crippen LogP contribution is 2.27. The van der Waals surface area contributed by atoms with Crippen LogP contribution >= 0.6 is 0 Å². The standard InChI is InChI=1S/C9H16N4O/c1-4-9(2,3)6-13-8(10)7(12-14)5-11-13/h5H,4,6,10H2,1-3H3. The van der Waals surface area contributed by atoms with Crippen molar-refractivity contribution in [2.45, 2.75) is 33.7 Å². The first-order valence-electron chi connectivity index (χ1n) is 4.65. The molecule has 5 nitrogen and oxygen atoms in total. The molecule has 78 valence electrons. The van der Waals surface area contributed by atoms with Crippen LogP contribution in [0, 0.1) is 10.3 Å². The summed E-state index contributed by atoms with van der Waals surface area (Å²) in [6, 6.07) is 0. The topological polar surface area (TPSA) is 73.3 Å². The Balaban J connectivity index is 2.87. The minimum Gasteiger partial charge on any atom is -0.382 e. The first kappa shape index (κ1) is 10.7. The van der Waals surface area contributed by atoms with Crippen molar-refractivity contribution in [1.29, 1.82) is 0 Å². The predicted molar refractivity (Wildman–Crippen MR) is 56.2 cm³/mol. The Morgan fingerprint density at radius 2 is 2.29 bits per heavy atom. The number of hydrogen-bond donors (Lipinski definition) is 1. The van der Waals surface area contributed by atoms with Crippen LogP contribution in [-0.2, 0) is 6.54 Å². The molecule has 5 heteroatoms. The van der Waals surface area contributed by atoms with Crippen LogP contribution in [0.3, 0.4) is 0 Å². The molecule has 0 aliphatic rings. The highest BCUT2D eigenvalue weighted by molar-refractivity contribution is 5.56. The summed E-state index contributed by atoms with van der Waals surface area (Å²) >= 11 is 0. The lowest BCUT2D eigenvalue weighted by Crippen LogP contribution is -2.20. The number of hydrogen-bond acceptors (Lipinski definition) is 4. The summed E-state index contributed by atoms with van der Waals surface area (Å²) in [6.07, 6.45) is 2.42. The molecule has 0 amide bonds. The van der Waals surface area contributed by atoms with E-state index in [4.69, 9.17) is 5.73 Å². The minimum atomic E-state index is 0.125. The molecule has 0 fully saturated rings. The molecule has 1 heterocycles. The molecular weight excluding hydrogens is 180 g/mol. The fraction of sp³-hybridized carbons (Fsp3) is 0.667. The SMILES string of the molecule is CCC(C)(C)Cn1ncc(N=O)c1N. The van der Waals surface area contributed by atoms with E-state index in [0.29, 0.717) is 12.4 Å². The quantitative estimate of drug-likeness (QED) is 0.751. The third-order valence-corrected chi connectivity index (χ3v) is 2.49. The van der Waals surface area contributed by atoms with E-state index in [-0.39, 0.29) is 11.1 Å². The van der Waals surface area contributed by atoms with Crippen molar-refractivity contribution in [3.05, 3.63) is 11.1 Å². The molecule has 2 N–H and O–H groups in total. The zero-order valence-corrected chi connectivity index (χ0v) is 8.82. The maximum Gasteiger partial charge on any atom is 0.169 e. The molecule has 1 rings (SSSR count). The Hall–Kier alpha value is -1.39. The lowest BCUT2D eigenvalue weighted by molar-refractivity contribution is 0.283. The Bertz CT molecular complexity index is 330. The smallest absolute Gasteiger partial charge is 0.169 e. The van der Waals surface area contributed by atoms with Gasteiger partial charge in [-0.05, 0) is 17.0 Å². The van der Waals surface area contributed by atoms with Crippen molar-refractivity contribution in [3.63, 3.8) is 0 Å². The van der Waals surface area contributed by atoms with E-state index in [1.807, 2.05) is 0 Å². The predicted octanol–water partition coefficient (Wildman–Crippen LogP) is 2.30. The Kier molecular flexibility index (Phi) is 2.88. The Morgan fingerprint density at radius 1 is 1.64 bits per heavy atom. The van der Waals surface area contributed by atoms with E-state index in [1.165, 1.54) is 6.20 Å². The fourth-order valence-corrected chi connectivity index (χ4v) is 1.10. The van der Waals surface area contributed by atoms with Gasteiger partial charge in [0.2, 0.25) is 0 Å². The van der Waals surface area contributed by atoms with Crippen molar-refractivity contribution in [2.24, 2.45) is 10.6 Å². The van der Waals surface area contributed by atoms with Crippen LogP contribution < -0.4 is 5.73 Å². The second-order valence-corrected chi connectivity index (χ2v) is 4.18. The maximum absolute atomic E-state index is 10.3. The molecule has 0 saturated heterocycles. The summed E-state index contributed by atoms with van der Waals surface area (Å²) in [5.41, 5.74) is 6.03. The number of nitrogen functional groups attached to an aromatic ring is 1. The van der Waals surface area contributed by atoms with Crippen molar-refractivity contribution in [2.75, 3.05) is 5.73 Å². The van der Waals surface area contributed by atoms with Gasteiger partial charge in [0.25, 0.3) is 0 Å². The molecule has 0 saturated carbocycles. The van der Waals surface area contributed by atoms with Crippen LogP contribution in [0.5, 0.6) is 0 Å². The summed E-state index contributed by atoms with van der Waals surface area (Å²) < 4.78 is 1.63. The van der Waals surface area contributed by atoms with Crippen molar-refractivity contribution in [1.82, 2.24) is 9.78 Å². The lowest BCUT2D eigenvalue weighted by Gasteiger charge is -2.22. The number of nitrogens with two attached hydrogens (primary N) is 1. The molecule has 0 spiro atoms. The number of nitrogens with zero attached hydrogens (tertiary/aromatic N) is 3. The highest BCUT2D eigenvalue weighted by atomic mass is 16.3. The molecule has 0 atom stereocenters. The first-order chi connectivity index (χ1) is 6.50. The molecular formula is C9H16N4O. The first-order valence-corrected chi connectivity index (χ1v) is 4.65. The molecule has 0 aliphatic carbocycles. The van der Waals surface area contributed by atoms with Gasteiger partial charge in [0, 0.05) is 6.54 Å². The van der Waals surface area contributed by atoms with E-state index in [2.05, 4.69) is 31.0 Å². The average Bonchev–Trinajstić information content (AvgIpc) is 2.47. The van der Waals surface area contributed by atoms with Crippen LogP contribution in [0.4, 0.5) is 11.5 Å². The summed E-state index contributed by atoms with van der Waals surface area (Å²) in [4.78, 5) is 10.3. The van der Waals surface area contributed by atoms with Crippen LogP contribution in [0.2, 0.25) is 0 Å². The number of rotatable bonds is 4. The average molecular weight is 196 g/mol. The van der Waals surface area contributed by atoms with Gasteiger partial charge in [-0.15, -0.1) is 4.91 Å². The van der Waals surface area contributed by atoms with E-state index < -0.39 is 0 Å². The Morgan fingerprint density at radius 3 is 2.71 bits per heavy atom. The van der Waals surface area contributed by atoms with Gasteiger partial charge >= 0.3 is 0 Å². The molecule has 0 unspecified atom stereocenters. The highest BCUT2D eigenvalue weighted by Gasteiger charge is 2.18. The summed E-state index contributed by atoms with van der Waals surface area (Å²) in [5.74, 6) is 0.349. The number of nitroso groups, excluding NO2 is 1. The summed E-state index contributed by atoms with van der Waals surface area (Å²) in [6.45, 7) is 7.06. The zero-order chi connectivity index (χ0) is 10.8. The third kappa shape index (κ3) is 2.10. The zero-order valence-electron chi connectivity index (χ0n) is 8.82.